The molecule has 3 N–H and O–H groups in total. The Labute approximate surface area is 160 Å². The maximum Gasteiger partial charge on any atom is 0.311 e. The van der Waals surface area contributed by atoms with E-state index in [-0.39, 0.29) is 29.7 Å². The van der Waals surface area contributed by atoms with Crippen LogP contribution in [0.15, 0.2) is 24.3 Å². The van der Waals surface area contributed by atoms with Crippen molar-refractivity contribution in [3.8, 4) is 0 Å². The Morgan fingerprint density at radius 1 is 1.11 bits per heavy atom. The lowest BCUT2D eigenvalue weighted by atomic mass is 9.86. The van der Waals surface area contributed by atoms with Crippen LogP contribution in [0, 0.1) is 11.3 Å². The predicted octanol–water partition coefficient (Wildman–Crippen LogP) is 2.72. The first-order chi connectivity index (χ1) is 12.5. The van der Waals surface area contributed by atoms with Gasteiger partial charge in [-0.15, -0.1) is 0 Å². The van der Waals surface area contributed by atoms with Crippen LogP contribution < -0.4 is 10.6 Å². The molecule has 1 aromatic rings. The van der Waals surface area contributed by atoms with Crippen molar-refractivity contribution in [1.82, 2.24) is 10.6 Å². The van der Waals surface area contributed by atoms with Crippen LogP contribution in [0.2, 0.25) is 0 Å². The fourth-order valence-electron chi connectivity index (χ4n) is 2.86. The van der Waals surface area contributed by atoms with E-state index in [9.17, 15) is 19.5 Å². The van der Waals surface area contributed by atoms with E-state index < -0.39 is 17.4 Å². The number of aliphatic carboxylic acids is 1. The highest BCUT2D eigenvalue weighted by molar-refractivity contribution is 5.97. The largest absolute Gasteiger partial charge is 0.481 e. The standard InChI is InChI=1S/C21H30N2O4/c1-13(2)16(18(25)22-12-21(10-11-21)19(26)27)23-17(24)14-6-8-15(9-7-14)20(3,4)5/h6-9,13,16H,10-12H2,1-5H3,(H,22,25)(H,23,24)(H,26,27). The lowest BCUT2D eigenvalue weighted by Crippen LogP contribution is -2.51. The zero-order valence-electron chi connectivity index (χ0n) is 16.8. The molecule has 0 bridgehead atoms. The maximum absolute atomic E-state index is 12.6. The zero-order valence-corrected chi connectivity index (χ0v) is 16.8. The molecule has 0 radical (unpaired) electrons. The molecule has 148 valence electrons. The van der Waals surface area contributed by atoms with Crippen molar-refractivity contribution in [2.24, 2.45) is 11.3 Å². The first kappa shape index (κ1) is 20.9. The average molecular weight is 374 g/mol. The van der Waals surface area contributed by atoms with Crippen LogP contribution >= 0.6 is 0 Å². The van der Waals surface area contributed by atoms with Crippen LogP contribution in [0.1, 0.15) is 63.4 Å². The summed E-state index contributed by atoms with van der Waals surface area (Å²) in [5.41, 5.74) is 0.786. The zero-order chi connectivity index (χ0) is 20.4. The molecular formula is C21H30N2O4. The SMILES string of the molecule is CC(C)C(NC(=O)c1ccc(C(C)(C)C)cc1)C(=O)NCC1(C(=O)O)CC1. The maximum atomic E-state index is 12.6. The minimum atomic E-state index is -0.883. The van der Waals surface area contributed by atoms with E-state index in [0.29, 0.717) is 18.4 Å². The van der Waals surface area contributed by atoms with Crippen molar-refractivity contribution in [3.05, 3.63) is 35.4 Å². The van der Waals surface area contributed by atoms with Gasteiger partial charge in [-0.25, -0.2) is 0 Å². The molecule has 0 heterocycles. The first-order valence-electron chi connectivity index (χ1n) is 9.39. The van der Waals surface area contributed by atoms with Crippen LogP contribution in [0.25, 0.3) is 0 Å². The molecule has 27 heavy (non-hydrogen) atoms. The Hall–Kier alpha value is -2.37. The van der Waals surface area contributed by atoms with Gasteiger partial charge in [-0.2, -0.15) is 0 Å². The van der Waals surface area contributed by atoms with Gasteiger partial charge < -0.3 is 15.7 Å². The predicted molar refractivity (Wildman–Crippen MR) is 104 cm³/mol. The van der Waals surface area contributed by atoms with Gasteiger partial charge in [0.15, 0.2) is 0 Å². The van der Waals surface area contributed by atoms with Crippen LogP contribution in [0.5, 0.6) is 0 Å². The molecule has 0 saturated heterocycles. The number of carbonyl (C=O) groups is 3. The summed E-state index contributed by atoms with van der Waals surface area (Å²) in [7, 11) is 0. The van der Waals surface area contributed by atoms with E-state index in [1.165, 1.54) is 0 Å². The number of benzene rings is 1. The van der Waals surface area contributed by atoms with Gasteiger partial charge in [0.2, 0.25) is 5.91 Å². The summed E-state index contributed by atoms with van der Waals surface area (Å²) in [6.45, 7) is 10.1. The average Bonchev–Trinajstić information content (AvgIpc) is 3.38. The summed E-state index contributed by atoms with van der Waals surface area (Å²) < 4.78 is 0. The molecule has 1 saturated carbocycles. The minimum Gasteiger partial charge on any atom is -0.481 e. The first-order valence-corrected chi connectivity index (χ1v) is 9.39. The van der Waals surface area contributed by atoms with Gasteiger partial charge in [-0.05, 0) is 41.9 Å². The van der Waals surface area contributed by atoms with Gasteiger partial charge in [-0.1, -0.05) is 46.8 Å². The van der Waals surface area contributed by atoms with E-state index >= 15 is 0 Å². The number of rotatable bonds is 7. The Kier molecular flexibility index (Phi) is 5.97. The van der Waals surface area contributed by atoms with E-state index in [2.05, 4.69) is 31.4 Å². The normalized spacial score (nSPS) is 16.5. The van der Waals surface area contributed by atoms with Crippen LogP contribution in [0.3, 0.4) is 0 Å². The van der Waals surface area contributed by atoms with Gasteiger partial charge in [0.05, 0.1) is 5.41 Å². The Balaban J connectivity index is 2.01. The molecule has 1 fully saturated rings. The second-order valence-electron chi connectivity index (χ2n) is 8.83. The number of carboxylic acid groups (broad SMARTS) is 1. The van der Waals surface area contributed by atoms with E-state index in [1.54, 1.807) is 12.1 Å². The van der Waals surface area contributed by atoms with E-state index in [0.717, 1.165) is 5.56 Å². The third-order valence-electron chi connectivity index (χ3n) is 5.16. The summed E-state index contributed by atoms with van der Waals surface area (Å²) >= 11 is 0. The number of hydrogen-bond acceptors (Lipinski definition) is 3. The van der Waals surface area contributed by atoms with Crippen LogP contribution in [-0.2, 0) is 15.0 Å². The number of carboxylic acids is 1. The number of carbonyl (C=O) groups excluding carboxylic acids is 2. The Bertz CT molecular complexity index is 713. The summed E-state index contributed by atoms with van der Waals surface area (Å²) in [6, 6.07) is 6.64. The third-order valence-corrected chi connectivity index (χ3v) is 5.16. The highest BCUT2D eigenvalue weighted by Crippen LogP contribution is 2.45. The van der Waals surface area contributed by atoms with Gasteiger partial charge in [-0.3, -0.25) is 14.4 Å². The highest BCUT2D eigenvalue weighted by atomic mass is 16.4. The van der Waals surface area contributed by atoms with Crippen molar-refractivity contribution in [3.63, 3.8) is 0 Å². The highest BCUT2D eigenvalue weighted by Gasteiger charge is 2.50. The summed E-state index contributed by atoms with van der Waals surface area (Å²) in [5.74, 6) is -1.67. The number of amides is 2. The topological polar surface area (TPSA) is 95.5 Å². The molecule has 1 aromatic carbocycles. The molecule has 6 nitrogen and oxygen atoms in total. The lowest BCUT2D eigenvalue weighted by Gasteiger charge is -2.23. The van der Waals surface area contributed by atoms with Gasteiger partial charge in [0.1, 0.15) is 6.04 Å². The van der Waals surface area contributed by atoms with Crippen molar-refractivity contribution in [2.75, 3.05) is 6.54 Å². The summed E-state index contributed by atoms with van der Waals surface area (Å²) in [5, 5.41) is 14.7. The quantitative estimate of drug-likeness (QED) is 0.684. The molecule has 0 aliphatic heterocycles. The molecule has 1 aliphatic rings. The molecule has 0 spiro atoms. The smallest absolute Gasteiger partial charge is 0.311 e. The number of nitrogens with one attached hydrogen (secondary N) is 2. The second kappa shape index (κ2) is 7.71. The molecular weight excluding hydrogens is 344 g/mol. The molecule has 1 unspecified atom stereocenters. The van der Waals surface area contributed by atoms with Crippen molar-refractivity contribution in [1.29, 1.82) is 0 Å². The second-order valence-corrected chi connectivity index (χ2v) is 8.83. The Morgan fingerprint density at radius 2 is 1.67 bits per heavy atom. The Morgan fingerprint density at radius 3 is 2.07 bits per heavy atom. The summed E-state index contributed by atoms with van der Waals surface area (Å²) in [6.07, 6.45) is 1.14. The van der Waals surface area contributed by atoms with E-state index in [4.69, 9.17) is 0 Å². The van der Waals surface area contributed by atoms with Crippen molar-refractivity contribution >= 4 is 17.8 Å². The summed E-state index contributed by atoms with van der Waals surface area (Å²) in [4.78, 5) is 36.3. The van der Waals surface area contributed by atoms with E-state index in [1.807, 2.05) is 26.0 Å². The molecule has 2 rings (SSSR count). The van der Waals surface area contributed by atoms with Crippen molar-refractivity contribution < 1.29 is 19.5 Å². The molecule has 6 heteroatoms. The minimum absolute atomic E-state index is 0.00172. The fraction of sp³-hybridized carbons (Fsp3) is 0.571. The van der Waals surface area contributed by atoms with Gasteiger partial charge >= 0.3 is 5.97 Å². The van der Waals surface area contributed by atoms with Gasteiger partial charge in [0, 0.05) is 12.1 Å². The monoisotopic (exact) mass is 374 g/mol. The van der Waals surface area contributed by atoms with Crippen LogP contribution in [-0.4, -0.2) is 35.5 Å². The number of hydrogen-bond donors (Lipinski definition) is 3. The third kappa shape index (κ3) is 5.08. The van der Waals surface area contributed by atoms with Crippen LogP contribution in [0.4, 0.5) is 0 Å². The molecule has 0 aromatic heterocycles. The lowest BCUT2D eigenvalue weighted by molar-refractivity contribution is -0.143. The molecule has 2 amide bonds. The van der Waals surface area contributed by atoms with Crippen molar-refractivity contribution in [2.45, 2.75) is 58.9 Å². The molecule has 1 atom stereocenters. The fourth-order valence-corrected chi connectivity index (χ4v) is 2.86. The van der Waals surface area contributed by atoms with Gasteiger partial charge in [0.25, 0.3) is 5.91 Å². The molecule has 1 aliphatic carbocycles.